The molecule has 0 aliphatic rings. The van der Waals surface area contributed by atoms with Gasteiger partial charge in [0.25, 0.3) is 5.92 Å². The zero-order chi connectivity index (χ0) is 30.5. The lowest BCUT2D eigenvalue weighted by Gasteiger charge is -2.35. The number of carbonyl (C=O) groups is 2. The van der Waals surface area contributed by atoms with Crippen LogP contribution in [0.5, 0.6) is 0 Å². The van der Waals surface area contributed by atoms with Crippen molar-refractivity contribution < 1.29 is 33.0 Å². The number of benzene rings is 2. The molecule has 0 fully saturated rings. The molecule has 43 heavy (non-hydrogen) atoms. The van der Waals surface area contributed by atoms with Gasteiger partial charge in [0.15, 0.2) is 0 Å². The molecule has 0 radical (unpaired) electrons. The number of aliphatic hydroxyl groups is 1. The van der Waals surface area contributed by atoms with Crippen LogP contribution in [-0.2, 0) is 35.5 Å². The van der Waals surface area contributed by atoms with E-state index in [2.05, 4.69) is 20.6 Å². The third kappa shape index (κ3) is 9.57. The molecule has 2 aromatic heterocycles. The van der Waals surface area contributed by atoms with Crippen molar-refractivity contribution >= 4 is 12.2 Å². The van der Waals surface area contributed by atoms with E-state index in [1.807, 2.05) is 0 Å². The van der Waals surface area contributed by atoms with Crippen LogP contribution in [0.3, 0.4) is 0 Å². The maximum Gasteiger partial charge on any atom is 0.407 e. The molecular formula is C32H32F2N4O5. The summed E-state index contributed by atoms with van der Waals surface area (Å²) in [5.41, 5.74) is 2.26. The van der Waals surface area contributed by atoms with E-state index in [4.69, 9.17) is 9.47 Å². The van der Waals surface area contributed by atoms with Crippen LogP contribution in [0, 0.1) is 0 Å². The van der Waals surface area contributed by atoms with Crippen LogP contribution in [-0.4, -0.2) is 51.4 Å². The Bertz CT molecular complexity index is 1420. The zero-order valence-corrected chi connectivity index (χ0v) is 23.2. The monoisotopic (exact) mass is 590 g/mol. The molecule has 11 heteroatoms. The Morgan fingerprint density at radius 1 is 0.698 bits per heavy atom. The van der Waals surface area contributed by atoms with Crippen LogP contribution in [0.4, 0.5) is 18.4 Å². The first-order valence-electron chi connectivity index (χ1n) is 13.6. The van der Waals surface area contributed by atoms with Crippen molar-refractivity contribution in [1.29, 1.82) is 0 Å². The second-order valence-electron chi connectivity index (χ2n) is 9.82. The van der Waals surface area contributed by atoms with Gasteiger partial charge in [-0.15, -0.1) is 0 Å². The molecule has 4 rings (SSSR count). The van der Waals surface area contributed by atoms with Crippen LogP contribution in [0.25, 0.3) is 0 Å². The SMILES string of the molecule is O=C(N[C@@H](Cc1ccccc1)C(O)C(F)(F)[C@H](Cc1ccccc1)NC(=O)OCc1cccnc1)OCc1cccnc1. The highest BCUT2D eigenvalue weighted by molar-refractivity contribution is 5.68. The topological polar surface area (TPSA) is 123 Å². The summed E-state index contributed by atoms with van der Waals surface area (Å²) in [6.45, 7) is -0.335. The van der Waals surface area contributed by atoms with E-state index in [1.165, 1.54) is 12.4 Å². The normalized spacial score (nSPS) is 13.3. The van der Waals surface area contributed by atoms with Gasteiger partial charge in [-0.2, -0.15) is 0 Å². The smallest absolute Gasteiger partial charge is 0.407 e. The van der Waals surface area contributed by atoms with Gasteiger partial charge in [0.1, 0.15) is 25.4 Å². The first kappa shape index (κ1) is 31.0. The summed E-state index contributed by atoms with van der Waals surface area (Å²) >= 11 is 0. The second kappa shape index (κ2) is 15.4. The molecule has 0 saturated carbocycles. The van der Waals surface area contributed by atoms with Crippen LogP contribution in [0.2, 0.25) is 0 Å². The predicted molar refractivity (Wildman–Crippen MR) is 154 cm³/mol. The number of hydrogen-bond acceptors (Lipinski definition) is 7. The first-order chi connectivity index (χ1) is 20.8. The Balaban J connectivity index is 1.52. The first-order valence-corrected chi connectivity index (χ1v) is 13.6. The van der Waals surface area contributed by atoms with Gasteiger partial charge in [-0.25, -0.2) is 18.4 Å². The molecule has 1 unspecified atom stereocenters. The summed E-state index contributed by atoms with van der Waals surface area (Å²) in [5, 5.41) is 15.8. The number of hydrogen-bond donors (Lipinski definition) is 3. The maximum absolute atomic E-state index is 16.2. The molecule has 3 atom stereocenters. The molecule has 2 amide bonds. The van der Waals surface area contributed by atoms with E-state index in [-0.39, 0.29) is 26.1 Å². The van der Waals surface area contributed by atoms with Crippen molar-refractivity contribution in [3.05, 3.63) is 132 Å². The van der Waals surface area contributed by atoms with Crippen molar-refractivity contribution in [2.24, 2.45) is 0 Å². The number of ether oxygens (including phenoxy) is 2. The highest BCUT2D eigenvalue weighted by Gasteiger charge is 2.51. The van der Waals surface area contributed by atoms with E-state index in [0.717, 1.165) is 0 Å². The van der Waals surface area contributed by atoms with E-state index in [0.29, 0.717) is 22.3 Å². The Kier molecular flexibility index (Phi) is 11.1. The van der Waals surface area contributed by atoms with Crippen molar-refractivity contribution in [2.75, 3.05) is 0 Å². The van der Waals surface area contributed by atoms with Crippen molar-refractivity contribution in [3.63, 3.8) is 0 Å². The summed E-state index contributed by atoms with van der Waals surface area (Å²) in [4.78, 5) is 33.3. The summed E-state index contributed by atoms with van der Waals surface area (Å²) < 4.78 is 42.8. The molecule has 0 saturated heterocycles. The lowest BCUT2D eigenvalue weighted by Crippen LogP contribution is -2.61. The molecule has 0 aliphatic heterocycles. The number of nitrogens with one attached hydrogen (secondary N) is 2. The Hall–Kier alpha value is -4.90. The Labute approximate surface area is 247 Å². The van der Waals surface area contributed by atoms with Crippen LogP contribution in [0.15, 0.2) is 110 Å². The largest absolute Gasteiger partial charge is 0.445 e. The molecule has 0 bridgehead atoms. The molecule has 0 spiro atoms. The molecule has 3 N–H and O–H groups in total. The fraction of sp³-hybridized carbons (Fsp3) is 0.250. The standard InChI is InChI=1S/C32H32F2N4O5/c33-32(34,28(18-24-11-5-2-6-12-24)38-31(41)43-22-26-14-8-16-36-20-26)29(39)27(17-23-9-3-1-4-10-23)37-30(40)42-21-25-13-7-15-35-19-25/h1-16,19-20,27-29,39H,17-18,21-22H2,(H,37,40)(H,38,41)/t27-,28-,29?/m0/s1. The number of nitrogens with zero attached hydrogens (tertiary/aromatic N) is 2. The predicted octanol–water partition coefficient (Wildman–Crippen LogP) is 4.85. The number of amides is 2. The molecule has 4 aromatic rings. The molecular weight excluding hydrogens is 558 g/mol. The van der Waals surface area contributed by atoms with E-state index < -0.39 is 36.3 Å². The number of aliphatic hydroxyl groups excluding tert-OH is 1. The third-order valence-electron chi connectivity index (χ3n) is 6.60. The Morgan fingerprint density at radius 3 is 1.65 bits per heavy atom. The van der Waals surface area contributed by atoms with Crippen LogP contribution in [0.1, 0.15) is 22.3 Å². The number of aromatic nitrogens is 2. The maximum atomic E-state index is 16.2. The van der Waals surface area contributed by atoms with Crippen LogP contribution >= 0.6 is 0 Å². The van der Waals surface area contributed by atoms with Gasteiger partial charge >= 0.3 is 12.2 Å². The average molecular weight is 591 g/mol. The minimum atomic E-state index is -3.93. The minimum Gasteiger partial charge on any atom is -0.445 e. The number of pyridine rings is 2. The summed E-state index contributed by atoms with van der Waals surface area (Å²) in [5.74, 6) is -3.93. The number of carbonyl (C=O) groups excluding carboxylic acids is 2. The molecule has 9 nitrogen and oxygen atoms in total. The van der Waals surface area contributed by atoms with Gasteiger partial charge in [-0.3, -0.25) is 9.97 Å². The summed E-state index contributed by atoms with van der Waals surface area (Å²) in [6.07, 6.45) is 1.13. The minimum absolute atomic E-state index is 0.136. The average Bonchev–Trinajstić information content (AvgIpc) is 3.04. The van der Waals surface area contributed by atoms with Crippen molar-refractivity contribution in [2.45, 2.75) is 50.2 Å². The van der Waals surface area contributed by atoms with Crippen molar-refractivity contribution in [1.82, 2.24) is 20.6 Å². The highest BCUT2D eigenvalue weighted by Crippen LogP contribution is 2.29. The van der Waals surface area contributed by atoms with Crippen LogP contribution < -0.4 is 10.6 Å². The number of halogens is 2. The molecule has 2 heterocycles. The lowest BCUT2D eigenvalue weighted by atomic mass is 9.90. The van der Waals surface area contributed by atoms with Gasteiger partial charge in [0.05, 0.1) is 6.04 Å². The van der Waals surface area contributed by atoms with Gasteiger partial charge in [-0.1, -0.05) is 72.8 Å². The fourth-order valence-corrected chi connectivity index (χ4v) is 4.36. The highest BCUT2D eigenvalue weighted by atomic mass is 19.3. The van der Waals surface area contributed by atoms with E-state index in [9.17, 15) is 14.7 Å². The summed E-state index contributed by atoms with van der Waals surface area (Å²) in [7, 11) is 0. The van der Waals surface area contributed by atoms with Gasteiger partial charge in [0, 0.05) is 35.9 Å². The molecule has 2 aromatic carbocycles. The number of alkyl halides is 2. The number of alkyl carbamates (subject to hydrolysis) is 2. The van der Waals surface area contributed by atoms with Gasteiger partial charge < -0.3 is 25.2 Å². The number of rotatable bonds is 13. The Morgan fingerprint density at radius 2 is 1.16 bits per heavy atom. The van der Waals surface area contributed by atoms with Gasteiger partial charge in [0.2, 0.25) is 0 Å². The quantitative estimate of drug-likeness (QED) is 0.204. The zero-order valence-electron chi connectivity index (χ0n) is 23.2. The van der Waals surface area contributed by atoms with Gasteiger partial charge in [-0.05, 0) is 36.1 Å². The lowest BCUT2D eigenvalue weighted by molar-refractivity contribution is -0.141. The van der Waals surface area contributed by atoms with E-state index in [1.54, 1.807) is 97.3 Å². The third-order valence-corrected chi connectivity index (χ3v) is 6.60. The van der Waals surface area contributed by atoms with Crippen molar-refractivity contribution in [3.8, 4) is 0 Å². The summed E-state index contributed by atoms with van der Waals surface area (Å²) in [6, 6.07) is 20.3. The molecule has 0 aliphatic carbocycles. The fourth-order valence-electron chi connectivity index (χ4n) is 4.36. The second-order valence-corrected chi connectivity index (χ2v) is 9.82. The molecule has 224 valence electrons. The van der Waals surface area contributed by atoms with E-state index >= 15 is 8.78 Å².